The van der Waals surface area contributed by atoms with Crippen LogP contribution in [0.5, 0.6) is 0 Å². The Labute approximate surface area is 94.2 Å². The van der Waals surface area contributed by atoms with E-state index in [1.54, 1.807) is 0 Å². The average molecular weight is 276 g/mol. The average Bonchev–Trinajstić information content (AvgIpc) is 2.70. The Bertz CT molecular complexity index is 354. The fourth-order valence-corrected chi connectivity index (χ4v) is 2.99. The van der Waals surface area contributed by atoms with E-state index < -0.39 is 0 Å². The van der Waals surface area contributed by atoms with Crippen molar-refractivity contribution in [1.29, 1.82) is 0 Å². The zero-order valence-electron chi connectivity index (χ0n) is 7.44. The molecular formula is C8H10BrN3OS. The van der Waals surface area contributed by atoms with Crippen molar-refractivity contribution >= 4 is 38.3 Å². The maximum absolute atomic E-state index is 11.1. The number of primary amides is 1. The molecule has 1 aliphatic rings. The van der Waals surface area contributed by atoms with Crippen LogP contribution in [0.1, 0.15) is 12.8 Å². The summed E-state index contributed by atoms with van der Waals surface area (Å²) in [5.74, 6) is -0.256. The van der Waals surface area contributed by atoms with E-state index >= 15 is 0 Å². The van der Waals surface area contributed by atoms with Crippen LogP contribution in [0.15, 0.2) is 9.98 Å². The van der Waals surface area contributed by atoms with E-state index in [1.165, 1.54) is 11.3 Å². The number of carbonyl (C=O) groups excluding carboxylic acids is 1. The van der Waals surface area contributed by atoms with Crippen molar-refractivity contribution in [3.05, 3.63) is 9.98 Å². The van der Waals surface area contributed by atoms with Crippen molar-refractivity contribution in [2.75, 3.05) is 11.4 Å². The predicted molar refractivity (Wildman–Crippen MR) is 59.4 cm³/mol. The van der Waals surface area contributed by atoms with E-state index in [4.69, 9.17) is 5.73 Å². The molecule has 1 saturated heterocycles. The molecule has 1 aromatic rings. The lowest BCUT2D eigenvalue weighted by atomic mass is 10.2. The fourth-order valence-electron chi connectivity index (χ4n) is 1.67. The van der Waals surface area contributed by atoms with Gasteiger partial charge in [0.1, 0.15) is 10.6 Å². The highest BCUT2D eigenvalue weighted by Crippen LogP contribution is 2.29. The molecule has 6 heteroatoms. The van der Waals surface area contributed by atoms with Gasteiger partial charge in [-0.05, 0) is 28.8 Å². The van der Waals surface area contributed by atoms with E-state index in [1.807, 2.05) is 10.3 Å². The Morgan fingerprint density at radius 2 is 2.57 bits per heavy atom. The first-order valence-corrected chi connectivity index (χ1v) is 6.03. The quantitative estimate of drug-likeness (QED) is 0.887. The highest BCUT2D eigenvalue weighted by atomic mass is 79.9. The smallest absolute Gasteiger partial charge is 0.240 e. The number of carbonyl (C=O) groups is 1. The predicted octanol–water partition coefficient (Wildman–Crippen LogP) is 1.36. The van der Waals surface area contributed by atoms with E-state index in [0.717, 1.165) is 29.1 Å². The minimum atomic E-state index is -0.256. The van der Waals surface area contributed by atoms with Gasteiger partial charge in [0.05, 0.1) is 0 Å². The van der Waals surface area contributed by atoms with Crippen LogP contribution in [0.4, 0.5) is 5.13 Å². The number of aromatic nitrogens is 1. The first-order valence-electron chi connectivity index (χ1n) is 4.35. The summed E-state index contributed by atoms with van der Waals surface area (Å²) in [4.78, 5) is 17.4. The van der Waals surface area contributed by atoms with Gasteiger partial charge in [-0.1, -0.05) is 0 Å². The number of amides is 1. The molecule has 0 bridgehead atoms. The third-order valence-electron chi connectivity index (χ3n) is 2.29. The number of thiazole rings is 1. The summed E-state index contributed by atoms with van der Waals surface area (Å²) < 4.78 is 0.813. The van der Waals surface area contributed by atoms with Gasteiger partial charge in [0, 0.05) is 11.9 Å². The van der Waals surface area contributed by atoms with Gasteiger partial charge in [-0.2, -0.15) is 0 Å². The fraction of sp³-hybridized carbons (Fsp3) is 0.500. The largest absolute Gasteiger partial charge is 0.368 e. The summed E-state index contributed by atoms with van der Waals surface area (Å²) in [6.45, 7) is 0.869. The molecule has 2 N–H and O–H groups in total. The summed E-state index contributed by atoms with van der Waals surface area (Å²) in [6.07, 6.45) is 1.84. The molecule has 1 atom stereocenters. The molecule has 2 rings (SSSR count). The first-order chi connectivity index (χ1) is 6.68. The maximum Gasteiger partial charge on any atom is 0.240 e. The van der Waals surface area contributed by atoms with Crippen LogP contribution in [0.2, 0.25) is 0 Å². The molecule has 0 aromatic carbocycles. The number of halogens is 1. The Balaban J connectivity index is 2.21. The lowest BCUT2D eigenvalue weighted by Crippen LogP contribution is -2.40. The second kappa shape index (κ2) is 3.86. The highest BCUT2D eigenvalue weighted by molar-refractivity contribution is 9.10. The summed E-state index contributed by atoms with van der Waals surface area (Å²) in [7, 11) is 0. The molecule has 1 fully saturated rings. The second-order valence-electron chi connectivity index (χ2n) is 3.21. The minimum absolute atomic E-state index is 0.173. The molecule has 1 unspecified atom stereocenters. The number of hydrogen-bond acceptors (Lipinski definition) is 4. The topological polar surface area (TPSA) is 59.2 Å². The molecule has 0 aliphatic carbocycles. The van der Waals surface area contributed by atoms with Crippen molar-refractivity contribution in [3.63, 3.8) is 0 Å². The van der Waals surface area contributed by atoms with Crippen molar-refractivity contribution in [1.82, 2.24) is 4.98 Å². The number of nitrogens with zero attached hydrogens (tertiary/aromatic N) is 2. The van der Waals surface area contributed by atoms with Gasteiger partial charge in [0.15, 0.2) is 5.13 Å². The molecule has 1 aliphatic heterocycles. The standard InChI is InChI=1S/C8H10BrN3OS/c9-6-4-14-8(11-6)12-3-1-2-5(12)7(10)13/h4-5H,1-3H2,(H2,10,13). The first kappa shape index (κ1) is 9.92. The molecule has 14 heavy (non-hydrogen) atoms. The summed E-state index contributed by atoms with van der Waals surface area (Å²) in [5.41, 5.74) is 5.32. The SMILES string of the molecule is NC(=O)C1CCCN1c1nc(Br)cs1. The van der Waals surface area contributed by atoms with Crippen molar-refractivity contribution in [2.45, 2.75) is 18.9 Å². The Kier molecular flexibility index (Phi) is 2.73. The lowest BCUT2D eigenvalue weighted by molar-refractivity contribution is -0.119. The normalized spacial score (nSPS) is 21.5. The number of hydrogen-bond donors (Lipinski definition) is 1. The number of nitrogens with two attached hydrogens (primary N) is 1. The molecule has 1 aromatic heterocycles. The second-order valence-corrected chi connectivity index (χ2v) is 4.86. The third kappa shape index (κ3) is 1.76. The van der Waals surface area contributed by atoms with Crippen molar-refractivity contribution in [3.8, 4) is 0 Å². The van der Waals surface area contributed by atoms with Crippen LogP contribution in [-0.2, 0) is 4.79 Å². The monoisotopic (exact) mass is 275 g/mol. The van der Waals surface area contributed by atoms with Crippen LogP contribution >= 0.6 is 27.3 Å². The Hall–Kier alpha value is -0.620. The Morgan fingerprint density at radius 3 is 3.14 bits per heavy atom. The summed E-state index contributed by atoms with van der Waals surface area (Å²) >= 11 is 4.82. The van der Waals surface area contributed by atoms with Crippen LogP contribution in [0.25, 0.3) is 0 Å². The molecule has 0 radical (unpaired) electrons. The van der Waals surface area contributed by atoms with E-state index in [9.17, 15) is 4.79 Å². The van der Waals surface area contributed by atoms with Gasteiger partial charge in [-0.25, -0.2) is 4.98 Å². The molecule has 4 nitrogen and oxygen atoms in total. The molecule has 2 heterocycles. The van der Waals surface area contributed by atoms with Gasteiger partial charge < -0.3 is 10.6 Å². The van der Waals surface area contributed by atoms with Gasteiger partial charge in [-0.3, -0.25) is 4.79 Å². The molecule has 1 amide bonds. The molecular weight excluding hydrogens is 266 g/mol. The van der Waals surface area contributed by atoms with Crippen LogP contribution < -0.4 is 10.6 Å². The number of rotatable bonds is 2. The minimum Gasteiger partial charge on any atom is -0.368 e. The maximum atomic E-state index is 11.1. The summed E-state index contributed by atoms with van der Waals surface area (Å²) in [6, 6.07) is -0.173. The van der Waals surface area contributed by atoms with Crippen LogP contribution in [0, 0.1) is 0 Å². The Morgan fingerprint density at radius 1 is 1.79 bits per heavy atom. The number of anilines is 1. The molecule has 76 valence electrons. The van der Waals surface area contributed by atoms with Crippen molar-refractivity contribution < 1.29 is 4.79 Å². The lowest BCUT2D eigenvalue weighted by Gasteiger charge is -2.20. The zero-order chi connectivity index (χ0) is 10.1. The van der Waals surface area contributed by atoms with Crippen LogP contribution in [-0.4, -0.2) is 23.5 Å². The van der Waals surface area contributed by atoms with Gasteiger partial charge >= 0.3 is 0 Å². The van der Waals surface area contributed by atoms with Gasteiger partial charge in [-0.15, -0.1) is 11.3 Å². The van der Waals surface area contributed by atoms with E-state index in [2.05, 4.69) is 20.9 Å². The molecule has 0 saturated carbocycles. The highest BCUT2D eigenvalue weighted by Gasteiger charge is 2.30. The van der Waals surface area contributed by atoms with Gasteiger partial charge in [0.25, 0.3) is 0 Å². The zero-order valence-corrected chi connectivity index (χ0v) is 9.84. The van der Waals surface area contributed by atoms with Crippen molar-refractivity contribution in [2.24, 2.45) is 5.73 Å². The third-order valence-corrected chi connectivity index (χ3v) is 3.88. The van der Waals surface area contributed by atoms with Gasteiger partial charge in [0.2, 0.25) is 5.91 Å². The van der Waals surface area contributed by atoms with E-state index in [-0.39, 0.29) is 11.9 Å². The van der Waals surface area contributed by atoms with Crippen LogP contribution in [0.3, 0.4) is 0 Å². The molecule has 0 spiro atoms. The summed E-state index contributed by atoms with van der Waals surface area (Å²) in [5, 5.41) is 2.78. The van der Waals surface area contributed by atoms with E-state index in [0.29, 0.717) is 0 Å².